The van der Waals surface area contributed by atoms with Crippen molar-refractivity contribution >= 4 is 11.9 Å². The van der Waals surface area contributed by atoms with E-state index >= 15 is 0 Å². The molecule has 0 aliphatic rings. The number of carbonyl (C=O) groups excluding carboxylic acids is 2. The number of hydrogen-bond donors (Lipinski definition) is 3. The van der Waals surface area contributed by atoms with Crippen LogP contribution in [0.1, 0.15) is 354 Å². The highest BCUT2D eigenvalue weighted by Crippen LogP contribution is 2.18. The van der Waals surface area contributed by atoms with E-state index in [1.807, 2.05) is 6.08 Å². The summed E-state index contributed by atoms with van der Waals surface area (Å²) in [5, 5.41) is 23.2. The van der Waals surface area contributed by atoms with Crippen molar-refractivity contribution in [1.29, 1.82) is 0 Å². The van der Waals surface area contributed by atoms with Gasteiger partial charge in [-0.1, -0.05) is 314 Å². The summed E-state index contributed by atoms with van der Waals surface area (Å²) in [6.45, 7) is 4.89. The molecule has 0 aromatic rings. The molecule has 73 heavy (non-hydrogen) atoms. The van der Waals surface area contributed by atoms with Gasteiger partial charge in [-0.3, -0.25) is 9.59 Å². The maximum Gasteiger partial charge on any atom is 0.305 e. The average molecular weight is 1030 g/mol. The zero-order valence-corrected chi connectivity index (χ0v) is 49.1. The molecule has 2 unspecified atom stereocenters. The molecule has 6 nitrogen and oxygen atoms in total. The lowest BCUT2D eigenvalue weighted by Gasteiger charge is -2.20. The van der Waals surface area contributed by atoms with Gasteiger partial charge in [0.15, 0.2) is 0 Å². The van der Waals surface area contributed by atoms with Crippen molar-refractivity contribution < 1.29 is 24.5 Å². The Labute approximate surface area is 455 Å². The minimum atomic E-state index is -0.846. The number of esters is 1. The lowest BCUT2D eigenvalue weighted by atomic mass is 10.0. The van der Waals surface area contributed by atoms with Gasteiger partial charge in [-0.05, 0) is 64.2 Å². The maximum absolute atomic E-state index is 12.5. The van der Waals surface area contributed by atoms with Crippen LogP contribution in [0.5, 0.6) is 0 Å². The predicted octanol–water partition coefficient (Wildman–Crippen LogP) is 20.8. The van der Waals surface area contributed by atoms with Gasteiger partial charge < -0.3 is 20.3 Å². The lowest BCUT2D eigenvalue weighted by molar-refractivity contribution is -0.143. The summed E-state index contributed by atoms with van der Waals surface area (Å²) in [5.41, 5.74) is 0. The first-order chi connectivity index (χ1) is 36.0. The van der Waals surface area contributed by atoms with Crippen LogP contribution in [0, 0.1) is 0 Å². The maximum atomic E-state index is 12.5. The Balaban J connectivity index is 3.42. The first-order valence-corrected chi connectivity index (χ1v) is 32.8. The summed E-state index contributed by atoms with van der Waals surface area (Å²) in [7, 11) is 0. The Morgan fingerprint density at radius 3 is 1.07 bits per heavy atom. The van der Waals surface area contributed by atoms with Crippen LogP contribution in [-0.2, 0) is 14.3 Å². The van der Waals surface area contributed by atoms with Gasteiger partial charge in [0, 0.05) is 12.8 Å². The van der Waals surface area contributed by atoms with Gasteiger partial charge in [0.25, 0.3) is 0 Å². The number of nitrogens with one attached hydrogen (secondary N) is 1. The summed E-state index contributed by atoms with van der Waals surface area (Å²) in [4.78, 5) is 24.6. The summed E-state index contributed by atoms with van der Waals surface area (Å²) in [6.07, 6.45) is 79.0. The third-order valence-corrected chi connectivity index (χ3v) is 15.2. The van der Waals surface area contributed by atoms with E-state index in [0.29, 0.717) is 19.4 Å². The van der Waals surface area contributed by atoms with Gasteiger partial charge in [-0.25, -0.2) is 0 Å². The van der Waals surface area contributed by atoms with Gasteiger partial charge in [-0.2, -0.15) is 0 Å². The van der Waals surface area contributed by atoms with Crippen molar-refractivity contribution in [1.82, 2.24) is 5.32 Å². The molecular weight excluding hydrogens is 899 g/mol. The van der Waals surface area contributed by atoms with Crippen molar-refractivity contribution in [2.24, 2.45) is 0 Å². The normalized spacial score (nSPS) is 12.8. The molecule has 6 heteroatoms. The van der Waals surface area contributed by atoms with Crippen LogP contribution < -0.4 is 5.32 Å². The summed E-state index contributed by atoms with van der Waals surface area (Å²) in [6, 6.07) is -0.630. The highest BCUT2D eigenvalue weighted by atomic mass is 16.5. The summed E-state index contributed by atoms with van der Waals surface area (Å²) < 4.78 is 5.48. The van der Waals surface area contributed by atoms with E-state index in [2.05, 4.69) is 43.5 Å². The van der Waals surface area contributed by atoms with E-state index in [1.165, 1.54) is 276 Å². The number of carbonyl (C=O) groups is 2. The molecule has 0 fully saturated rings. The van der Waals surface area contributed by atoms with E-state index < -0.39 is 12.1 Å². The van der Waals surface area contributed by atoms with Crippen LogP contribution in [0.25, 0.3) is 0 Å². The second-order valence-electron chi connectivity index (χ2n) is 22.5. The molecule has 0 saturated carbocycles. The third kappa shape index (κ3) is 59.2. The summed E-state index contributed by atoms with van der Waals surface area (Å²) in [5.74, 6) is -0.0686. The molecule has 0 aromatic carbocycles. The molecule has 430 valence electrons. The van der Waals surface area contributed by atoms with Gasteiger partial charge >= 0.3 is 5.97 Å². The van der Waals surface area contributed by atoms with E-state index in [-0.39, 0.29) is 18.5 Å². The Morgan fingerprint density at radius 1 is 0.384 bits per heavy atom. The van der Waals surface area contributed by atoms with Gasteiger partial charge in [-0.15, -0.1) is 0 Å². The number of aliphatic hydroxyl groups excluding tert-OH is 2. The molecule has 0 aliphatic heterocycles. The second-order valence-corrected chi connectivity index (χ2v) is 22.5. The van der Waals surface area contributed by atoms with Crippen molar-refractivity contribution in [2.45, 2.75) is 366 Å². The third-order valence-electron chi connectivity index (χ3n) is 15.2. The molecule has 0 heterocycles. The van der Waals surface area contributed by atoms with Crippen molar-refractivity contribution in [3.05, 3.63) is 36.5 Å². The first-order valence-electron chi connectivity index (χ1n) is 32.8. The van der Waals surface area contributed by atoms with Crippen LogP contribution in [0.3, 0.4) is 0 Å². The number of amides is 1. The first kappa shape index (κ1) is 71.1. The quantitative estimate of drug-likeness (QED) is 0.0320. The Hall–Kier alpha value is -1.92. The molecule has 0 spiro atoms. The van der Waals surface area contributed by atoms with E-state index in [0.717, 1.165) is 51.4 Å². The van der Waals surface area contributed by atoms with Gasteiger partial charge in [0.2, 0.25) is 5.91 Å². The average Bonchev–Trinajstić information content (AvgIpc) is 3.39. The molecule has 2 atom stereocenters. The predicted molar refractivity (Wildman–Crippen MR) is 319 cm³/mol. The Bertz CT molecular complexity index is 1180. The van der Waals surface area contributed by atoms with Crippen LogP contribution in [0.4, 0.5) is 0 Å². The number of ether oxygens (including phenoxy) is 1. The lowest BCUT2D eigenvalue weighted by Crippen LogP contribution is -2.45. The molecule has 0 aromatic heterocycles. The monoisotopic (exact) mass is 1030 g/mol. The highest BCUT2D eigenvalue weighted by molar-refractivity contribution is 5.76. The molecule has 0 bridgehead atoms. The molecule has 0 rings (SSSR count). The molecule has 3 N–H and O–H groups in total. The van der Waals surface area contributed by atoms with Crippen molar-refractivity contribution in [2.75, 3.05) is 13.2 Å². The highest BCUT2D eigenvalue weighted by Gasteiger charge is 2.18. The molecular formula is C67H127NO5. The van der Waals surface area contributed by atoms with Crippen LogP contribution in [-0.4, -0.2) is 47.4 Å². The standard InChI is InChI=1S/C67H127NO5/c1-3-5-7-9-11-13-15-17-19-20-21-25-28-32-35-39-43-47-51-55-59-65(70)64(63-69)68-66(71)60-56-52-48-44-40-36-33-29-26-23-22-24-27-30-34-38-42-46-50-54-58-62-73-67(72)61-57-53-49-45-41-37-31-18-16-14-12-10-8-6-4-2/h12,14,18,31,55,59,64-65,69-70H,3-11,13,15-17,19-30,32-54,56-58,60-63H2,1-2H3,(H,68,71)/b14-12-,31-18-,59-55+. The van der Waals surface area contributed by atoms with E-state index in [1.54, 1.807) is 6.08 Å². The largest absolute Gasteiger partial charge is 0.466 e. The molecule has 0 saturated heterocycles. The SMILES string of the molecule is CCCCC/C=C\C/C=C\CCCCCCCC(=O)OCCCCCCCCCCCCCCCCCCCCCCCC(=O)NC(CO)C(O)/C=C/CCCCCCCCCCCCCCCCCCCC. The Morgan fingerprint density at radius 2 is 0.685 bits per heavy atom. The minimum absolute atomic E-state index is 0.00230. The molecule has 1 amide bonds. The Kier molecular flexibility index (Phi) is 61.0. The van der Waals surface area contributed by atoms with Crippen LogP contribution in [0.2, 0.25) is 0 Å². The zero-order valence-electron chi connectivity index (χ0n) is 49.1. The fraction of sp³-hybridized carbons (Fsp3) is 0.881. The fourth-order valence-electron chi connectivity index (χ4n) is 10.1. The number of rotatable bonds is 61. The van der Waals surface area contributed by atoms with Crippen molar-refractivity contribution in [3.8, 4) is 0 Å². The smallest absolute Gasteiger partial charge is 0.305 e. The second kappa shape index (κ2) is 62.6. The van der Waals surface area contributed by atoms with Crippen molar-refractivity contribution in [3.63, 3.8) is 0 Å². The number of aliphatic hydroxyl groups is 2. The van der Waals surface area contributed by atoms with Gasteiger partial charge in [0.1, 0.15) is 0 Å². The zero-order chi connectivity index (χ0) is 52.9. The van der Waals surface area contributed by atoms with Crippen LogP contribution in [0.15, 0.2) is 36.5 Å². The van der Waals surface area contributed by atoms with E-state index in [4.69, 9.17) is 4.74 Å². The van der Waals surface area contributed by atoms with Crippen LogP contribution >= 0.6 is 0 Å². The van der Waals surface area contributed by atoms with Gasteiger partial charge in [0.05, 0.1) is 25.4 Å². The number of unbranched alkanes of at least 4 members (excludes halogenated alkanes) is 46. The number of allylic oxidation sites excluding steroid dienone is 5. The summed E-state index contributed by atoms with van der Waals surface area (Å²) >= 11 is 0. The minimum Gasteiger partial charge on any atom is -0.466 e. The topological polar surface area (TPSA) is 95.9 Å². The molecule has 0 aliphatic carbocycles. The number of hydrogen-bond acceptors (Lipinski definition) is 5. The van der Waals surface area contributed by atoms with E-state index in [9.17, 15) is 19.8 Å². The molecule has 0 radical (unpaired) electrons. The fourth-order valence-corrected chi connectivity index (χ4v) is 10.1.